The Hall–Kier alpha value is -3.09. The van der Waals surface area contributed by atoms with Gasteiger partial charge in [-0.05, 0) is 18.1 Å². The second-order valence-electron chi connectivity index (χ2n) is 7.16. The van der Waals surface area contributed by atoms with E-state index >= 15 is 0 Å². The highest BCUT2D eigenvalue weighted by atomic mass is 16.5. The first-order chi connectivity index (χ1) is 13.6. The van der Waals surface area contributed by atoms with Crippen LogP contribution in [0, 0.1) is 5.92 Å². The van der Waals surface area contributed by atoms with Crippen molar-refractivity contribution in [3.05, 3.63) is 54.5 Å². The summed E-state index contributed by atoms with van der Waals surface area (Å²) in [6.07, 6.45) is 6.21. The van der Waals surface area contributed by atoms with Gasteiger partial charge in [-0.15, -0.1) is 0 Å². The van der Waals surface area contributed by atoms with Crippen molar-refractivity contribution in [2.75, 3.05) is 13.7 Å². The van der Waals surface area contributed by atoms with Gasteiger partial charge in [0.05, 0.1) is 25.2 Å². The van der Waals surface area contributed by atoms with Crippen LogP contribution in [-0.2, 0) is 6.54 Å². The lowest BCUT2D eigenvalue weighted by atomic mass is 9.95. The Morgan fingerprint density at radius 3 is 2.89 bits per heavy atom. The van der Waals surface area contributed by atoms with Crippen LogP contribution in [0.2, 0.25) is 0 Å². The molecule has 0 bridgehead atoms. The van der Waals surface area contributed by atoms with Gasteiger partial charge in [0.25, 0.3) is 5.91 Å². The maximum atomic E-state index is 13.1. The summed E-state index contributed by atoms with van der Waals surface area (Å²) in [5.74, 6) is 1.93. The van der Waals surface area contributed by atoms with E-state index in [1.807, 2.05) is 29.2 Å². The fourth-order valence-electron chi connectivity index (χ4n) is 3.86. The Balaban J connectivity index is 1.75. The average Bonchev–Trinajstić information content (AvgIpc) is 3.41. The van der Waals surface area contributed by atoms with Crippen molar-refractivity contribution in [1.29, 1.82) is 0 Å². The zero-order chi connectivity index (χ0) is 19.7. The minimum absolute atomic E-state index is 0.0559. The van der Waals surface area contributed by atoms with Gasteiger partial charge >= 0.3 is 0 Å². The fourth-order valence-corrected chi connectivity index (χ4v) is 3.86. The number of carbonyl (C=O) groups excluding carboxylic acids is 1. The number of hydrogen-bond donors (Lipinski definition) is 1. The van der Waals surface area contributed by atoms with Gasteiger partial charge in [0.1, 0.15) is 17.3 Å². The number of ether oxygens (including phenoxy) is 1. The molecule has 1 N–H and O–H groups in total. The minimum atomic E-state index is -0.0913. The molecule has 7 nitrogen and oxygen atoms in total. The molecule has 3 heterocycles. The van der Waals surface area contributed by atoms with E-state index < -0.39 is 0 Å². The number of aromatic amines is 1. The number of fused-ring (bicyclic) bond motifs is 1. The number of aromatic nitrogens is 4. The number of para-hydroxylation sites is 1. The summed E-state index contributed by atoms with van der Waals surface area (Å²) in [4.78, 5) is 27.0. The summed E-state index contributed by atoms with van der Waals surface area (Å²) in [6, 6.07) is 7.79. The van der Waals surface area contributed by atoms with Crippen LogP contribution in [0.4, 0.5) is 0 Å². The molecule has 0 saturated carbocycles. The summed E-state index contributed by atoms with van der Waals surface area (Å²) < 4.78 is 7.68. The lowest BCUT2D eigenvalue weighted by Crippen LogP contribution is -2.44. The standard InChI is InChI=1S/C21H25N5O2/c1-4-14(2)19-20-24-17(15-7-5-6-8-18(15)28-3)12-25(20)9-10-26(19)21(27)16-11-22-13-23-16/h5-8,11-14,19H,4,9-10H2,1-3H3,(H,22,23). The van der Waals surface area contributed by atoms with E-state index in [9.17, 15) is 4.79 Å². The van der Waals surface area contributed by atoms with Crippen LogP contribution in [0.15, 0.2) is 43.0 Å². The maximum absolute atomic E-state index is 13.1. The highest BCUT2D eigenvalue weighted by molar-refractivity contribution is 5.92. The summed E-state index contributed by atoms with van der Waals surface area (Å²) in [5, 5.41) is 0. The predicted octanol–water partition coefficient (Wildman–Crippen LogP) is 3.53. The first-order valence-corrected chi connectivity index (χ1v) is 9.64. The number of hydrogen-bond acceptors (Lipinski definition) is 4. The number of amides is 1. The third-order valence-electron chi connectivity index (χ3n) is 5.53. The SMILES string of the molecule is CCC(C)C1c2nc(-c3ccccc3OC)cn2CCN1C(=O)c1c[nH]cn1. The van der Waals surface area contributed by atoms with E-state index in [2.05, 4.69) is 34.6 Å². The molecule has 28 heavy (non-hydrogen) atoms. The topological polar surface area (TPSA) is 76.0 Å². The van der Waals surface area contributed by atoms with Crippen molar-refractivity contribution < 1.29 is 9.53 Å². The molecule has 0 radical (unpaired) electrons. The highest BCUT2D eigenvalue weighted by Crippen LogP contribution is 2.37. The van der Waals surface area contributed by atoms with E-state index in [4.69, 9.17) is 9.72 Å². The van der Waals surface area contributed by atoms with Crippen molar-refractivity contribution in [1.82, 2.24) is 24.4 Å². The molecule has 1 aliphatic heterocycles. The molecule has 0 saturated heterocycles. The van der Waals surface area contributed by atoms with Crippen molar-refractivity contribution in [2.24, 2.45) is 5.92 Å². The van der Waals surface area contributed by atoms with Gasteiger partial charge in [-0.25, -0.2) is 9.97 Å². The quantitative estimate of drug-likeness (QED) is 0.736. The van der Waals surface area contributed by atoms with Gasteiger partial charge in [-0.2, -0.15) is 0 Å². The monoisotopic (exact) mass is 379 g/mol. The molecule has 3 aromatic rings. The zero-order valence-electron chi connectivity index (χ0n) is 16.4. The summed E-state index contributed by atoms with van der Waals surface area (Å²) >= 11 is 0. The average molecular weight is 379 g/mol. The predicted molar refractivity (Wildman–Crippen MR) is 106 cm³/mol. The number of nitrogens with zero attached hydrogens (tertiary/aromatic N) is 4. The molecule has 0 fully saturated rings. The van der Waals surface area contributed by atoms with Crippen molar-refractivity contribution in [3.8, 4) is 17.0 Å². The second-order valence-corrected chi connectivity index (χ2v) is 7.16. The fraction of sp³-hybridized carbons (Fsp3) is 0.381. The Bertz CT molecular complexity index is 963. The van der Waals surface area contributed by atoms with Gasteiger partial charge in [0.15, 0.2) is 0 Å². The molecule has 2 aromatic heterocycles. The largest absolute Gasteiger partial charge is 0.496 e. The molecule has 2 unspecified atom stereocenters. The van der Waals surface area contributed by atoms with Crippen LogP contribution < -0.4 is 4.74 Å². The first kappa shape index (κ1) is 18.3. The van der Waals surface area contributed by atoms with E-state index in [1.165, 1.54) is 6.33 Å². The number of nitrogens with one attached hydrogen (secondary N) is 1. The Labute approximate surface area is 164 Å². The zero-order valence-corrected chi connectivity index (χ0v) is 16.4. The lowest BCUT2D eigenvalue weighted by molar-refractivity contribution is 0.0523. The summed E-state index contributed by atoms with van der Waals surface area (Å²) in [7, 11) is 1.67. The van der Waals surface area contributed by atoms with Gasteiger partial charge < -0.3 is 19.2 Å². The number of methoxy groups -OCH3 is 1. The van der Waals surface area contributed by atoms with Crippen LogP contribution in [0.25, 0.3) is 11.3 Å². The molecular formula is C21H25N5O2. The third-order valence-corrected chi connectivity index (χ3v) is 5.53. The number of carbonyl (C=O) groups is 1. The number of H-pyrrole nitrogens is 1. The van der Waals surface area contributed by atoms with E-state index in [-0.39, 0.29) is 17.9 Å². The van der Waals surface area contributed by atoms with Gasteiger partial charge in [0, 0.05) is 31.0 Å². The minimum Gasteiger partial charge on any atom is -0.496 e. The molecule has 1 aliphatic rings. The van der Waals surface area contributed by atoms with Gasteiger partial charge in [-0.3, -0.25) is 4.79 Å². The molecule has 4 rings (SSSR count). The maximum Gasteiger partial charge on any atom is 0.274 e. The third kappa shape index (κ3) is 3.06. The lowest BCUT2D eigenvalue weighted by Gasteiger charge is -2.38. The normalized spacial score (nSPS) is 17.2. The molecular weight excluding hydrogens is 354 g/mol. The summed E-state index contributed by atoms with van der Waals surface area (Å²) in [6.45, 7) is 5.66. The second kappa shape index (κ2) is 7.50. The molecule has 0 aliphatic carbocycles. The van der Waals surface area contributed by atoms with Crippen LogP contribution >= 0.6 is 0 Å². The van der Waals surface area contributed by atoms with Crippen LogP contribution in [0.5, 0.6) is 5.75 Å². The number of imidazole rings is 2. The van der Waals surface area contributed by atoms with E-state index in [0.717, 1.165) is 29.3 Å². The van der Waals surface area contributed by atoms with Gasteiger partial charge in [0.2, 0.25) is 0 Å². The molecule has 1 amide bonds. The first-order valence-electron chi connectivity index (χ1n) is 9.64. The Kier molecular flexibility index (Phi) is 4.90. The number of rotatable bonds is 5. The summed E-state index contributed by atoms with van der Waals surface area (Å²) in [5.41, 5.74) is 2.27. The van der Waals surface area contributed by atoms with Crippen LogP contribution in [0.1, 0.15) is 42.6 Å². The van der Waals surface area contributed by atoms with E-state index in [1.54, 1.807) is 13.3 Å². The highest BCUT2D eigenvalue weighted by Gasteiger charge is 2.37. The van der Waals surface area contributed by atoms with Crippen molar-refractivity contribution >= 4 is 5.91 Å². The molecule has 0 spiro atoms. The van der Waals surface area contributed by atoms with Crippen LogP contribution in [-0.4, -0.2) is 44.0 Å². The Morgan fingerprint density at radius 2 is 2.18 bits per heavy atom. The van der Waals surface area contributed by atoms with E-state index in [0.29, 0.717) is 18.8 Å². The number of benzene rings is 1. The van der Waals surface area contributed by atoms with Crippen molar-refractivity contribution in [3.63, 3.8) is 0 Å². The smallest absolute Gasteiger partial charge is 0.274 e. The Morgan fingerprint density at radius 1 is 1.36 bits per heavy atom. The molecule has 2 atom stereocenters. The van der Waals surface area contributed by atoms with Crippen LogP contribution in [0.3, 0.4) is 0 Å². The molecule has 1 aromatic carbocycles. The van der Waals surface area contributed by atoms with Crippen molar-refractivity contribution in [2.45, 2.75) is 32.9 Å². The molecule has 7 heteroatoms. The van der Waals surface area contributed by atoms with Gasteiger partial charge in [-0.1, -0.05) is 32.4 Å². The molecule has 146 valence electrons.